The lowest BCUT2D eigenvalue weighted by molar-refractivity contribution is -0.692. The molecule has 2 N–H and O–H groups in total. The Morgan fingerprint density at radius 1 is 1.29 bits per heavy atom. The van der Waals surface area contributed by atoms with E-state index in [1.807, 2.05) is 12.1 Å². The van der Waals surface area contributed by atoms with Crippen LogP contribution in [0.3, 0.4) is 0 Å². The molecule has 1 heterocycles. The van der Waals surface area contributed by atoms with Crippen molar-refractivity contribution in [2.75, 3.05) is 5.43 Å². The number of hydrogen-bond donors (Lipinski definition) is 2. The van der Waals surface area contributed by atoms with E-state index in [4.69, 9.17) is 0 Å². The van der Waals surface area contributed by atoms with Gasteiger partial charge < -0.3 is 17.0 Å². The van der Waals surface area contributed by atoms with Gasteiger partial charge in [0.2, 0.25) is 0 Å². The van der Waals surface area contributed by atoms with Crippen LogP contribution in [0.4, 0.5) is 5.82 Å². The van der Waals surface area contributed by atoms with E-state index in [-0.39, 0.29) is 34.7 Å². The number of aromatic nitrogens is 1. The fourth-order valence-corrected chi connectivity index (χ4v) is 1.25. The summed E-state index contributed by atoms with van der Waals surface area (Å²) >= 11 is 0. The maximum Gasteiger partial charge on any atom is 0.298 e. The van der Waals surface area contributed by atoms with Crippen LogP contribution >= 0.6 is 0 Å². The summed E-state index contributed by atoms with van der Waals surface area (Å²) in [7, 11) is 0. The zero-order chi connectivity index (χ0) is 12.1. The Balaban J connectivity index is 0.00000256. The minimum atomic E-state index is -0.266. The number of nitrogens with zero attached hydrogens (tertiary/aromatic N) is 1. The summed E-state index contributed by atoms with van der Waals surface area (Å²) in [5.74, 6) is 0.536. The van der Waals surface area contributed by atoms with E-state index < -0.39 is 0 Å². The third-order valence-corrected chi connectivity index (χ3v) is 2.26. The van der Waals surface area contributed by atoms with Crippen LogP contribution in [0, 0.1) is 0 Å². The molecule has 0 aromatic carbocycles. The van der Waals surface area contributed by atoms with Gasteiger partial charge in [-0.1, -0.05) is 6.07 Å². The van der Waals surface area contributed by atoms with Gasteiger partial charge in [-0.05, 0) is 19.9 Å². The van der Waals surface area contributed by atoms with E-state index in [2.05, 4.69) is 10.9 Å². The number of ketones is 1. The first-order chi connectivity index (χ1) is 7.52. The Bertz CT molecular complexity index is 409. The molecule has 1 unspecified atom stereocenters. The second-order valence-electron chi connectivity index (χ2n) is 3.59. The first-order valence-corrected chi connectivity index (χ1v) is 5.05. The van der Waals surface area contributed by atoms with Crippen molar-refractivity contribution in [1.29, 1.82) is 0 Å². The average molecular weight is 302 g/mol. The SMILES string of the molecule is CC(=O)NNc1cccc[n+]1C(C)C(C)=O.[Br-]. The molecule has 94 valence electrons. The highest BCUT2D eigenvalue weighted by Crippen LogP contribution is 2.03. The molecule has 0 aliphatic heterocycles. The van der Waals surface area contributed by atoms with Gasteiger partial charge in [-0.25, -0.2) is 4.57 Å². The molecule has 5 nitrogen and oxygen atoms in total. The van der Waals surface area contributed by atoms with Crippen LogP contribution in [0.1, 0.15) is 26.8 Å². The van der Waals surface area contributed by atoms with E-state index in [0.29, 0.717) is 5.82 Å². The number of carbonyl (C=O) groups is 2. The van der Waals surface area contributed by atoms with Gasteiger partial charge >= 0.3 is 0 Å². The highest BCUT2D eigenvalue weighted by molar-refractivity contribution is 5.78. The second kappa shape index (κ2) is 7.01. The zero-order valence-corrected chi connectivity index (χ0v) is 11.6. The van der Waals surface area contributed by atoms with Crippen LogP contribution < -0.4 is 32.4 Å². The van der Waals surface area contributed by atoms with Gasteiger partial charge in [-0.3, -0.25) is 9.59 Å². The summed E-state index contributed by atoms with van der Waals surface area (Å²) in [6.45, 7) is 4.75. The molecule has 0 bridgehead atoms. The minimum Gasteiger partial charge on any atom is -1.00 e. The number of Topliss-reactive ketones (excluding diaryl/α,β-unsaturated/α-hetero) is 1. The molecule has 0 radical (unpaired) electrons. The van der Waals surface area contributed by atoms with Gasteiger partial charge in [0.25, 0.3) is 11.7 Å². The van der Waals surface area contributed by atoms with E-state index in [9.17, 15) is 9.59 Å². The number of hydrazine groups is 1. The first-order valence-electron chi connectivity index (χ1n) is 5.05. The summed E-state index contributed by atoms with van der Waals surface area (Å²) in [5.41, 5.74) is 5.23. The third kappa shape index (κ3) is 4.52. The molecule has 1 amide bonds. The lowest BCUT2D eigenvalue weighted by Gasteiger charge is -2.10. The Kier molecular flexibility index (Phi) is 6.42. The maximum atomic E-state index is 11.3. The quantitative estimate of drug-likeness (QED) is 0.481. The van der Waals surface area contributed by atoms with Crippen molar-refractivity contribution in [3.63, 3.8) is 0 Å². The lowest BCUT2D eigenvalue weighted by Crippen LogP contribution is -3.00. The molecule has 1 aromatic heterocycles. The van der Waals surface area contributed by atoms with E-state index in [1.54, 1.807) is 23.8 Å². The molecule has 17 heavy (non-hydrogen) atoms. The van der Waals surface area contributed by atoms with Crippen molar-refractivity contribution in [3.05, 3.63) is 24.4 Å². The van der Waals surface area contributed by atoms with Crippen molar-refractivity contribution >= 4 is 17.5 Å². The molecule has 1 atom stereocenters. The van der Waals surface area contributed by atoms with E-state index in [1.165, 1.54) is 13.8 Å². The number of amides is 1. The fraction of sp³-hybridized carbons (Fsp3) is 0.364. The standard InChI is InChI=1S/C11H15N3O2.BrH/c1-8(9(2)15)14-7-5-4-6-11(14)13-12-10(3)16;/h4-8H,1-3H3,(H,12,16);1H. The van der Waals surface area contributed by atoms with Crippen molar-refractivity contribution in [2.45, 2.75) is 26.8 Å². The molecule has 0 saturated heterocycles. The second-order valence-corrected chi connectivity index (χ2v) is 3.59. The minimum absolute atomic E-state index is 0. The summed E-state index contributed by atoms with van der Waals surface area (Å²) in [4.78, 5) is 22.1. The zero-order valence-electron chi connectivity index (χ0n) is 10.0. The largest absolute Gasteiger partial charge is 1.00 e. The average Bonchev–Trinajstić information content (AvgIpc) is 2.25. The predicted octanol–water partition coefficient (Wildman–Crippen LogP) is -2.41. The van der Waals surface area contributed by atoms with Gasteiger partial charge in [0, 0.05) is 13.0 Å². The van der Waals surface area contributed by atoms with Gasteiger partial charge in [-0.15, -0.1) is 0 Å². The van der Waals surface area contributed by atoms with Crippen molar-refractivity contribution in [1.82, 2.24) is 5.43 Å². The third-order valence-electron chi connectivity index (χ3n) is 2.26. The predicted molar refractivity (Wildman–Crippen MR) is 59.5 cm³/mol. The Labute approximate surface area is 111 Å². The smallest absolute Gasteiger partial charge is 0.298 e. The molecular formula is C11H16BrN3O2. The number of pyridine rings is 1. The molecule has 0 spiro atoms. The molecule has 0 fully saturated rings. The van der Waals surface area contributed by atoms with Crippen molar-refractivity contribution in [3.8, 4) is 0 Å². The number of nitrogens with one attached hydrogen (secondary N) is 2. The van der Waals surface area contributed by atoms with Gasteiger partial charge in [0.15, 0.2) is 11.8 Å². The number of halogens is 1. The van der Waals surface area contributed by atoms with Crippen LogP contribution in [-0.2, 0) is 9.59 Å². The fourth-order valence-electron chi connectivity index (χ4n) is 1.25. The number of hydrogen-bond acceptors (Lipinski definition) is 3. The highest BCUT2D eigenvalue weighted by atomic mass is 79.9. The Morgan fingerprint density at radius 2 is 1.94 bits per heavy atom. The Morgan fingerprint density at radius 3 is 2.47 bits per heavy atom. The lowest BCUT2D eigenvalue weighted by atomic mass is 10.2. The van der Waals surface area contributed by atoms with Crippen molar-refractivity contribution < 1.29 is 31.1 Å². The monoisotopic (exact) mass is 301 g/mol. The molecule has 1 aromatic rings. The Hall–Kier alpha value is -1.43. The van der Waals surface area contributed by atoms with Crippen LogP contribution in [0.15, 0.2) is 24.4 Å². The summed E-state index contributed by atoms with van der Waals surface area (Å²) < 4.78 is 1.76. The van der Waals surface area contributed by atoms with E-state index >= 15 is 0 Å². The molecule has 0 aliphatic rings. The van der Waals surface area contributed by atoms with Crippen LogP contribution in [-0.4, -0.2) is 11.7 Å². The first kappa shape index (κ1) is 15.6. The van der Waals surface area contributed by atoms with Gasteiger partial charge in [0.05, 0.1) is 6.20 Å². The summed E-state index contributed by atoms with van der Waals surface area (Å²) in [5, 5.41) is 0. The summed E-state index contributed by atoms with van der Waals surface area (Å²) in [6, 6.07) is 5.18. The van der Waals surface area contributed by atoms with E-state index in [0.717, 1.165) is 0 Å². The molecule has 0 aliphatic carbocycles. The summed E-state index contributed by atoms with van der Waals surface area (Å²) in [6.07, 6.45) is 1.79. The van der Waals surface area contributed by atoms with Gasteiger partial charge in [-0.2, -0.15) is 10.9 Å². The molecule has 1 rings (SSSR count). The number of rotatable bonds is 4. The van der Waals surface area contributed by atoms with Crippen LogP contribution in [0.5, 0.6) is 0 Å². The number of anilines is 1. The maximum absolute atomic E-state index is 11.3. The topological polar surface area (TPSA) is 62.1 Å². The van der Waals surface area contributed by atoms with Gasteiger partial charge in [0.1, 0.15) is 0 Å². The highest BCUT2D eigenvalue weighted by Gasteiger charge is 2.18. The van der Waals surface area contributed by atoms with Crippen LogP contribution in [0.25, 0.3) is 0 Å². The normalized spacial score (nSPS) is 11.0. The molecular weight excluding hydrogens is 286 g/mol. The molecule has 6 heteroatoms. The van der Waals surface area contributed by atoms with Crippen LogP contribution in [0.2, 0.25) is 0 Å². The van der Waals surface area contributed by atoms with Crippen molar-refractivity contribution in [2.24, 2.45) is 0 Å². The molecule has 0 saturated carbocycles. The number of carbonyl (C=O) groups excluding carboxylic acids is 2.